The summed E-state index contributed by atoms with van der Waals surface area (Å²) < 4.78 is 3.68. The van der Waals surface area contributed by atoms with E-state index in [1.807, 2.05) is 3.21 Å². The fraction of sp³-hybridized carbons (Fsp3) is 0.292. The van der Waals surface area contributed by atoms with Crippen LogP contribution in [-0.4, -0.2) is 3.21 Å². The van der Waals surface area contributed by atoms with E-state index in [1.165, 1.54) is 48.8 Å². The Bertz CT molecular complexity index is 916. The number of hydrogen-bond acceptors (Lipinski definition) is 0. The van der Waals surface area contributed by atoms with Crippen LogP contribution in [0.2, 0.25) is 0 Å². The summed E-state index contributed by atoms with van der Waals surface area (Å²) in [6, 6.07) is 16.3. The molecule has 0 spiro atoms. The number of fused-ring (bicyclic) bond motifs is 3. The van der Waals surface area contributed by atoms with Crippen LogP contribution < -0.4 is 28.1 Å². The SMILES string of the molecule is C1=CCC(C2c3ccccc3-c3ccc[c]([Zr+2]=[C]4CCCCC4)c32)=C1.[Cl-].[Cl-]. The van der Waals surface area contributed by atoms with E-state index in [0.717, 1.165) is 6.42 Å². The first-order chi connectivity index (χ1) is 12.4. The van der Waals surface area contributed by atoms with Crippen LogP contribution in [0.1, 0.15) is 55.6 Å². The van der Waals surface area contributed by atoms with Crippen molar-refractivity contribution in [1.29, 1.82) is 0 Å². The molecule has 0 radical (unpaired) electrons. The second-order valence-corrected chi connectivity index (χ2v) is 11.1. The van der Waals surface area contributed by atoms with Gasteiger partial charge in [-0.3, -0.25) is 0 Å². The molecule has 27 heavy (non-hydrogen) atoms. The molecule has 0 bridgehead atoms. The molecule has 1 unspecified atom stereocenters. The Kier molecular flexibility index (Phi) is 7.12. The zero-order valence-electron chi connectivity index (χ0n) is 15.3. The molecular weight excluding hydrogens is 450 g/mol. The third-order valence-electron chi connectivity index (χ3n) is 5.90. The van der Waals surface area contributed by atoms with Crippen LogP contribution in [0.3, 0.4) is 0 Å². The molecule has 0 amide bonds. The summed E-state index contributed by atoms with van der Waals surface area (Å²) in [4.78, 5) is 0. The molecule has 0 aliphatic heterocycles. The van der Waals surface area contributed by atoms with Crippen LogP contribution in [0.25, 0.3) is 11.1 Å². The van der Waals surface area contributed by atoms with Crippen LogP contribution in [0.15, 0.2) is 66.3 Å². The molecule has 2 aromatic carbocycles. The average molecular weight is 474 g/mol. The fourth-order valence-electron chi connectivity index (χ4n) is 4.73. The molecular formula is C24H23Cl2Zr. The number of rotatable bonds is 2. The van der Waals surface area contributed by atoms with Crippen molar-refractivity contribution in [3.8, 4) is 11.1 Å². The topological polar surface area (TPSA) is 0 Å². The maximum absolute atomic E-state index is 2.47. The minimum atomic E-state index is -0.613. The third kappa shape index (κ3) is 3.89. The molecule has 1 atom stereocenters. The van der Waals surface area contributed by atoms with Crippen molar-refractivity contribution in [3.63, 3.8) is 0 Å². The Hall–Kier alpha value is -0.747. The van der Waals surface area contributed by atoms with Crippen molar-refractivity contribution in [3.05, 3.63) is 77.4 Å². The fourth-order valence-corrected chi connectivity index (χ4v) is 8.60. The van der Waals surface area contributed by atoms with Gasteiger partial charge < -0.3 is 24.8 Å². The largest absolute Gasteiger partial charge is 1.00 e. The van der Waals surface area contributed by atoms with E-state index >= 15 is 0 Å². The number of hydrogen-bond donors (Lipinski definition) is 0. The summed E-state index contributed by atoms with van der Waals surface area (Å²) in [6.45, 7) is 0. The molecule has 0 aromatic heterocycles. The molecule has 137 valence electrons. The number of benzene rings is 2. The van der Waals surface area contributed by atoms with Gasteiger partial charge in [0.15, 0.2) is 0 Å². The minimum absolute atomic E-state index is 0. The summed E-state index contributed by atoms with van der Waals surface area (Å²) in [5.74, 6) is 0.502. The van der Waals surface area contributed by atoms with Crippen molar-refractivity contribution in [2.75, 3.05) is 0 Å². The smallest absolute Gasteiger partial charge is 1.00 e. The van der Waals surface area contributed by atoms with Crippen molar-refractivity contribution < 1.29 is 47.6 Å². The van der Waals surface area contributed by atoms with E-state index in [-0.39, 0.29) is 24.8 Å². The van der Waals surface area contributed by atoms with E-state index in [9.17, 15) is 0 Å². The monoisotopic (exact) mass is 471 g/mol. The second-order valence-electron chi connectivity index (χ2n) is 7.45. The van der Waals surface area contributed by atoms with E-state index < -0.39 is 22.8 Å². The van der Waals surface area contributed by atoms with Crippen LogP contribution in [0, 0.1) is 0 Å². The quantitative estimate of drug-likeness (QED) is 0.554. The van der Waals surface area contributed by atoms with Gasteiger partial charge in [-0.25, -0.2) is 0 Å². The van der Waals surface area contributed by atoms with Crippen molar-refractivity contribution >= 4 is 6.48 Å². The Morgan fingerprint density at radius 1 is 0.815 bits per heavy atom. The number of halogens is 2. The summed E-state index contributed by atoms with van der Waals surface area (Å²) in [7, 11) is 0. The van der Waals surface area contributed by atoms with Gasteiger partial charge in [-0.05, 0) is 0 Å². The zero-order valence-corrected chi connectivity index (χ0v) is 19.3. The first-order valence-electron chi connectivity index (χ1n) is 9.61. The predicted molar refractivity (Wildman–Crippen MR) is 103 cm³/mol. The average Bonchev–Trinajstić information content (AvgIpc) is 3.29. The van der Waals surface area contributed by atoms with Crippen LogP contribution in [0.4, 0.5) is 0 Å². The summed E-state index contributed by atoms with van der Waals surface area (Å²) in [5.41, 5.74) is 7.79. The van der Waals surface area contributed by atoms with Gasteiger partial charge in [0.25, 0.3) is 0 Å². The molecule has 3 aliphatic rings. The molecule has 3 heteroatoms. The van der Waals surface area contributed by atoms with E-state index in [2.05, 4.69) is 60.7 Å². The maximum Gasteiger partial charge on any atom is -1.00 e. The predicted octanol–water partition coefficient (Wildman–Crippen LogP) is -0.462. The van der Waals surface area contributed by atoms with Crippen LogP contribution in [-0.2, 0) is 22.8 Å². The van der Waals surface area contributed by atoms with Gasteiger partial charge in [-0.15, -0.1) is 0 Å². The minimum Gasteiger partial charge on any atom is -1.00 e. The number of allylic oxidation sites excluding steroid dienone is 4. The van der Waals surface area contributed by atoms with E-state index in [1.54, 1.807) is 14.4 Å². The van der Waals surface area contributed by atoms with Crippen molar-refractivity contribution in [1.82, 2.24) is 0 Å². The Morgan fingerprint density at radius 3 is 2.37 bits per heavy atom. The van der Waals surface area contributed by atoms with E-state index in [0.29, 0.717) is 5.92 Å². The molecule has 5 rings (SSSR count). The first-order valence-corrected chi connectivity index (χ1v) is 12.1. The molecule has 0 nitrogen and oxygen atoms in total. The first kappa shape index (κ1) is 21.0. The van der Waals surface area contributed by atoms with Gasteiger partial charge in [0, 0.05) is 0 Å². The van der Waals surface area contributed by atoms with Crippen molar-refractivity contribution in [2.24, 2.45) is 0 Å². The Morgan fingerprint density at radius 2 is 1.59 bits per heavy atom. The molecule has 2 aromatic rings. The van der Waals surface area contributed by atoms with Gasteiger partial charge in [-0.1, -0.05) is 0 Å². The molecule has 1 fully saturated rings. The Balaban J connectivity index is 0.00000105. The summed E-state index contributed by atoms with van der Waals surface area (Å²) >= 11 is -0.613. The molecule has 3 aliphatic carbocycles. The molecule has 0 N–H and O–H groups in total. The van der Waals surface area contributed by atoms with Crippen molar-refractivity contribution in [2.45, 2.75) is 44.4 Å². The molecule has 0 saturated heterocycles. The van der Waals surface area contributed by atoms with Crippen LogP contribution >= 0.6 is 0 Å². The standard InChI is InChI=1S/C18H13.C6H10.2ClH.Zr/c1-2-8-13(7-1)18-16-11-5-3-9-14(16)15-10-4-6-12-17(15)18;1-2-4-6-5-3-1;;;/h1-7,9-11,18H,8H2;1-5H2;2*1H;/q;;;;+2/p-2. The molecule has 0 heterocycles. The Labute approximate surface area is 186 Å². The van der Waals surface area contributed by atoms with E-state index in [4.69, 9.17) is 0 Å². The van der Waals surface area contributed by atoms with Gasteiger partial charge in [0.2, 0.25) is 0 Å². The van der Waals surface area contributed by atoms with Gasteiger partial charge in [0.05, 0.1) is 0 Å². The van der Waals surface area contributed by atoms with Gasteiger partial charge in [-0.2, -0.15) is 0 Å². The summed E-state index contributed by atoms with van der Waals surface area (Å²) in [6.07, 6.45) is 15.2. The maximum atomic E-state index is 2.47. The van der Waals surface area contributed by atoms with Crippen LogP contribution in [0.5, 0.6) is 0 Å². The molecule has 1 saturated carbocycles. The second kappa shape index (κ2) is 9.17. The normalized spacial score (nSPS) is 19.3. The third-order valence-corrected chi connectivity index (χ3v) is 9.73. The van der Waals surface area contributed by atoms with Gasteiger partial charge >= 0.3 is 162 Å². The zero-order chi connectivity index (χ0) is 16.6. The summed E-state index contributed by atoms with van der Waals surface area (Å²) in [5, 5.41) is 0. The van der Waals surface area contributed by atoms with Gasteiger partial charge in [0.1, 0.15) is 0 Å².